The normalized spacial score (nSPS) is 16.9. The second-order valence-electron chi connectivity index (χ2n) is 9.80. The molecule has 2 amide bonds. The highest BCUT2D eigenvalue weighted by atomic mass is 35.5. The molecule has 0 aliphatic carbocycles. The number of piperidine rings is 1. The van der Waals surface area contributed by atoms with Gasteiger partial charge >= 0.3 is 24.4 Å². The third-order valence-electron chi connectivity index (χ3n) is 7.24. The van der Waals surface area contributed by atoms with Crippen LogP contribution in [0, 0.1) is 16.0 Å². The standard InChI is InChI=1S/C25H24ClF6N5O5/c26-36(17-3-1-2-16(12-17)24(27,28)29)23(40)35-10-8-34(9-11-35)20-14-19(33-6-4-15(5-7-33)22(38)39)18(25(30,31)32)13-21(20)37(41)42/h1-3,12-15H,4-11H2,(H,38,39). The fourth-order valence-electron chi connectivity index (χ4n) is 5.00. The number of alkyl halides is 6. The Morgan fingerprint density at radius 2 is 1.50 bits per heavy atom. The van der Waals surface area contributed by atoms with E-state index in [1.165, 1.54) is 20.8 Å². The van der Waals surface area contributed by atoms with Gasteiger partial charge in [-0.1, -0.05) is 6.07 Å². The molecule has 0 saturated carbocycles. The number of amides is 2. The second-order valence-corrected chi connectivity index (χ2v) is 10.1. The van der Waals surface area contributed by atoms with Crippen molar-refractivity contribution in [3.8, 4) is 0 Å². The molecule has 0 bridgehead atoms. The largest absolute Gasteiger partial charge is 0.481 e. The minimum atomic E-state index is -4.93. The number of nitro groups is 1. The highest BCUT2D eigenvalue weighted by Gasteiger charge is 2.40. The van der Waals surface area contributed by atoms with Gasteiger partial charge in [-0.3, -0.25) is 14.9 Å². The molecule has 2 fully saturated rings. The van der Waals surface area contributed by atoms with Crippen LogP contribution in [0.15, 0.2) is 36.4 Å². The van der Waals surface area contributed by atoms with Crippen molar-refractivity contribution in [3.05, 3.63) is 57.6 Å². The van der Waals surface area contributed by atoms with E-state index in [4.69, 9.17) is 11.8 Å². The van der Waals surface area contributed by atoms with Crippen molar-refractivity contribution in [2.75, 3.05) is 53.5 Å². The number of nitro benzene ring substituents is 1. The molecule has 0 aromatic heterocycles. The van der Waals surface area contributed by atoms with Crippen molar-refractivity contribution in [1.29, 1.82) is 0 Å². The van der Waals surface area contributed by atoms with Crippen LogP contribution in [0.5, 0.6) is 0 Å². The van der Waals surface area contributed by atoms with Crippen molar-refractivity contribution < 1.29 is 46.0 Å². The van der Waals surface area contributed by atoms with Gasteiger partial charge in [0.2, 0.25) is 0 Å². The lowest BCUT2D eigenvalue weighted by atomic mass is 9.95. The Kier molecular flexibility index (Phi) is 8.66. The van der Waals surface area contributed by atoms with E-state index >= 15 is 0 Å². The SMILES string of the molecule is O=C(O)C1CCN(c2cc(N3CCN(C(=O)N(Cl)c4cccc(C(F)(F)F)c4)CC3)c([N+](=O)[O-])cc2C(F)(F)F)CC1. The fraction of sp³-hybridized carbons (Fsp3) is 0.440. The molecule has 0 atom stereocenters. The zero-order valence-corrected chi connectivity index (χ0v) is 22.4. The molecular formula is C25H24ClF6N5O5. The molecule has 4 rings (SSSR count). The molecule has 10 nitrogen and oxygen atoms in total. The molecular weight excluding hydrogens is 600 g/mol. The van der Waals surface area contributed by atoms with Gasteiger partial charge in [0.1, 0.15) is 5.69 Å². The fourth-order valence-corrected chi connectivity index (χ4v) is 5.21. The summed E-state index contributed by atoms with van der Waals surface area (Å²) in [6, 6.07) is 4.49. The first-order valence-electron chi connectivity index (χ1n) is 12.6. The summed E-state index contributed by atoms with van der Waals surface area (Å²) in [4.78, 5) is 39.1. The minimum Gasteiger partial charge on any atom is -0.481 e. The zero-order chi connectivity index (χ0) is 31.0. The molecule has 0 spiro atoms. The van der Waals surface area contributed by atoms with Crippen LogP contribution in [0.3, 0.4) is 0 Å². The maximum Gasteiger partial charge on any atom is 0.418 e. The van der Waals surface area contributed by atoms with E-state index in [-0.39, 0.29) is 69.2 Å². The van der Waals surface area contributed by atoms with Gasteiger partial charge in [0, 0.05) is 57.1 Å². The molecule has 228 valence electrons. The number of hydrogen-bond donors (Lipinski definition) is 1. The van der Waals surface area contributed by atoms with Crippen molar-refractivity contribution in [2.45, 2.75) is 25.2 Å². The number of carbonyl (C=O) groups is 2. The Morgan fingerprint density at radius 3 is 2.02 bits per heavy atom. The number of urea groups is 1. The summed E-state index contributed by atoms with van der Waals surface area (Å²) in [5.41, 5.74) is -3.69. The summed E-state index contributed by atoms with van der Waals surface area (Å²) in [5.74, 6) is -1.76. The summed E-state index contributed by atoms with van der Waals surface area (Å²) < 4.78 is 81.7. The van der Waals surface area contributed by atoms with Crippen LogP contribution in [0.2, 0.25) is 0 Å². The second kappa shape index (κ2) is 11.7. The van der Waals surface area contributed by atoms with Crippen molar-refractivity contribution in [1.82, 2.24) is 4.90 Å². The van der Waals surface area contributed by atoms with E-state index in [0.29, 0.717) is 16.6 Å². The number of nitrogens with zero attached hydrogens (tertiary/aromatic N) is 5. The van der Waals surface area contributed by atoms with Crippen molar-refractivity contribution in [2.24, 2.45) is 5.92 Å². The maximum absolute atomic E-state index is 14.0. The van der Waals surface area contributed by atoms with Crippen LogP contribution in [-0.4, -0.2) is 66.2 Å². The van der Waals surface area contributed by atoms with Crippen LogP contribution in [0.25, 0.3) is 0 Å². The summed E-state index contributed by atoms with van der Waals surface area (Å²) in [6.07, 6.45) is -9.40. The molecule has 2 saturated heterocycles. The first kappa shape index (κ1) is 31.0. The van der Waals surface area contributed by atoms with E-state index in [0.717, 1.165) is 18.2 Å². The van der Waals surface area contributed by atoms with E-state index in [1.54, 1.807) is 0 Å². The number of rotatable bonds is 5. The number of aliphatic carboxylic acids is 1. The minimum absolute atomic E-state index is 0.000668. The predicted octanol–water partition coefficient (Wildman–Crippen LogP) is 5.84. The zero-order valence-electron chi connectivity index (χ0n) is 21.7. The average molecular weight is 624 g/mol. The van der Waals surface area contributed by atoms with Gasteiger partial charge in [-0.05, 0) is 37.1 Å². The van der Waals surface area contributed by atoms with Crippen LogP contribution in [-0.2, 0) is 17.1 Å². The summed E-state index contributed by atoms with van der Waals surface area (Å²) in [5, 5.41) is 21.1. The lowest BCUT2D eigenvalue weighted by molar-refractivity contribution is -0.384. The lowest BCUT2D eigenvalue weighted by Crippen LogP contribution is -2.51. The quantitative estimate of drug-likeness (QED) is 0.193. The van der Waals surface area contributed by atoms with Crippen molar-refractivity contribution in [3.63, 3.8) is 0 Å². The van der Waals surface area contributed by atoms with E-state index in [1.807, 2.05) is 0 Å². The van der Waals surface area contributed by atoms with E-state index in [9.17, 15) is 51.2 Å². The number of benzene rings is 2. The van der Waals surface area contributed by atoms with Gasteiger partial charge in [0.05, 0.1) is 33.3 Å². The Labute approximate surface area is 239 Å². The van der Waals surface area contributed by atoms with Gasteiger partial charge in [0.25, 0.3) is 5.69 Å². The number of halogens is 7. The number of carboxylic acid groups (broad SMARTS) is 1. The van der Waals surface area contributed by atoms with Crippen LogP contribution in [0.1, 0.15) is 24.0 Å². The predicted molar refractivity (Wildman–Crippen MR) is 140 cm³/mol. The van der Waals surface area contributed by atoms with E-state index < -0.39 is 52.0 Å². The Bertz CT molecular complexity index is 1360. The summed E-state index contributed by atoms with van der Waals surface area (Å²) >= 11 is 6.05. The summed E-state index contributed by atoms with van der Waals surface area (Å²) in [7, 11) is 0. The number of hydrogen-bond acceptors (Lipinski definition) is 6. The van der Waals surface area contributed by atoms with Gasteiger partial charge < -0.3 is 19.8 Å². The number of piperazine rings is 1. The molecule has 2 heterocycles. The summed E-state index contributed by atoms with van der Waals surface area (Å²) in [6.45, 7) is -0.268. The van der Waals surface area contributed by atoms with Crippen LogP contribution < -0.4 is 14.2 Å². The number of carboxylic acids is 1. The molecule has 1 N–H and O–H groups in total. The topological polar surface area (TPSA) is 110 Å². The Hall–Kier alpha value is -3.95. The van der Waals surface area contributed by atoms with Crippen molar-refractivity contribution >= 4 is 46.5 Å². The lowest BCUT2D eigenvalue weighted by Gasteiger charge is -2.38. The third-order valence-corrected chi connectivity index (χ3v) is 7.58. The molecule has 17 heteroatoms. The van der Waals surface area contributed by atoms with Gasteiger partial charge in [-0.25, -0.2) is 9.21 Å². The van der Waals surface area contributed by atoms with Gasteiger partial charge in [0.15, 0.2) is 0 Å². The molecule has 0 radical (unpaired) electrons. The van der Waals surface area contributed by atoms with Gasteiger partial charge in [-0.15, -0.1) is 0 Å². The van der Waals surface area contributed by atoms with E-state index in [2.05, 4.69) is 0 Å². The third kappa shape index (κ3) is 6.58. The molecule has 42 heavy (non-hydrogen) atoms. The smallest absolute Gasteiger partial charge is 0.418 e. The van der Waals surface area contributed by atoms with Crippen LogP contribution in [0.4, 0.5) is 53.9 Å². The molecule has 2 aromatic rings. The van der Waals surface area contributed by atoms with Crippen LogP contribution >= 0.6 is 11.8 Å². The average Bonchev–Trinajstić information content (AvgIpc) is 2.95. The number of anilines is 3. The highest BCUT2D eigenvalue weighted by Crippen LogP contribution is 2.44. The first-order valence-corrected chi connectivity index (χ1v) is 13.0. The monoisotopic (exact) mass is 623 g/mol. The maximum atomic E-state index is 14.0. The number of carbonyl (C=O) groups excluding carboxylic acids is 1. The molecule has 0 unspecified atom stereocenters. The Morgan fingerprint density at radius 1 is 0.905 bits per heavy atom. The van der Waals surface area contributed by atoms with Gasteiger partial charge in [-0.2, -0.15) is 26.3 Å². The highest BCUT2D eigenvalue weighted by molar-refractivity contribution is 6.36. The molecule has 2 aliphatic heterocycles. The Balaban J connectivity index is 1.56. The molecule has 2 aromatic carbocycles. The first-order chi connectivity index (χ1) is 19.6. The molecule has 2 aliphatic rings.